The number of hydrogen-bond acceptors (Lipinski definition) is 6. The summed E-state index contributed by atoms with van der Waals surface area (Å²) >= 11 is 1.80. The summed E-state index contributed by atoms with van der Waals surface area (Å²) in [6.07, 6.45) is 2.17. The Balaban J connectivity index is 0.00000341. The molecule has 1 aliphatic rings. The Labute approximate surface area is 206 Å². The molecule has 0 aliphatic carbocycles. The molecule has 0 spiro atoms. The molecule has 172 valence electrons. The van der Waals surface area contributed by atoms with Crippen LogP contribution in [0.5, 0.6) is 17.2 Å². The van der Waals surface area contributed by atoms with Gasteiger partial charge in [-0.15, -0.1) is 35.3 Å². The Morgan fingerprint density at radius 1 is 1.19 bits per heavy atom. The summed E-state index contributed by atoms with van der Waals surface area (Å²) < 4.78 is 16.7. The lowest BCUT2D eigenvalue weighted by molar-refractivity contribution is 0.288. The van der Waals surface area contributed by atoms with Crippen molar-refractivity contribution >= 4 is 46.3 Å². The number of piperidine rings is 1. The van der Waals surface area contributed by atoms with Crippen molar-refractivity contribution in [3.63, 3.8) is 0 Å². The van der Waals surface area contributed by atoms with Crippen LogP contribution in [0.1, 0.15) is 25.3 Å². The highest BCUT2D eigenvalue weighted by Crippen LogP contribution is 2.38. The minimum absolute atomic E-state index is 0. The Morgan fingerprint density at radius 3 is 2.39 bits per heavy atom. The predicted molar refractivity (Wildman–Crippen MR) is 139 cm³/mol. The Bertz CT molecular complexity index is 799. The van der Waals surface area contributed by atoms with Crippen LogP contribution in [0.3, 0.4) is 0 Å². The Hall–Kier alpha value is -1.88. The lowest BCUT2D eigenvalue weighted by atomic mass is 10.1. The zero-order valence-electron chi connectivity index (χ0n) is 18.6. The molecule has 3 rings (SSSR count). The van der Waals surface area contributed by atoms with Gasteiger partial charge in [0, 0.05) is 32.7 Å². The molecule has 0 bridgehead atoms. The van der Waals surface area contributed by atoms with Crippen molar-refractivity contribution in [2.24, 2.45) is 4.99 Å². The van der Waals surface area contributed by atoms with E-state index in [0.29, 0.717) is 36.4 Å². The number of thiophene rings is 1. The third-order valence-corrected chi connectivity index (χ3v) is 6.08. The summed E-state index contributed by atoms with van der Waals surface area (Å²) in [4.78, 5) is 6.85. The van der Waals surface area contributed by atoms with Gasteiger partial charge < -0.3 is 29.7 Å². The van der Waals surface area contributed by atoms with Crippen LogP contribution in [0.25, 0.3) is 0 Å². The topological polar surface area (TPSA) is 67.4 Å². The van der Waals surface area contributed by atoms with Gasteiger partial charge in [-0.3, -0.25) is 4.99 Å². The minimum atomic E-state index is 0. The van der Waals surface area contributed by atoms with E-state index in [-0.39, 0.29) is 24.0 Å². The van der Waals surface area contributed by atoms with Gasteiger partial charge >= 0.3 is 0 Å². The van der Waals surface area contributed by atoms with Gasteiger partial charge in [0.15, 0.2) is 17.5 Å². The molecule has 7 nitrogen and oxygen atoms in total. The third-order valence-electron chi connectivity index (χ3n) is 5.15. The second kappa shape index (κ2) is 12.8. The van der Waals surface area contributed by atoms with E-state index in [1.54, 1.807) is 32.6 Å². The van der Waals surface area contributed by atoms with Gasteiger partial charge in [0.1, 0.15) is 0 Å². The monoisotopic (exact) mass is 560 g/mol. The molecule has 31 heavy (non-hydrogen) atoms. The first-order valence-electron chi connectivity index (χ1n) is 10.3. The molecular weight excluding hydrogens is 527 g/mol. The van der Waals surface area contributed by atoms with Crippen LogP contribution in [-0.2, 0) is 6.54 Å². The SMILES string of the molecule is CCOc1c(OC)cc(CNC(=NC)NC2CCN(c3cccs3)CC2)cc1OC.I. The second-order valence-electron chi connectivity index (χ2n) is 7.05. The fourth-order valence-corrected chi connectivity index (χ4v) is 4.38. The maximum atomic E-state index is 5.68. The van der Waals surface area contributed by atoms with Crippen LogP contribution in [0.4, 0.5) is 5.00 Å². The van der Waals surface area contributed by atoms with Gasteiger partial charge in [0.25, 0.3) is 0 Å². The highest BCUT2D eigenvalue weighted by Gasteiger charge is 2.21. The molecule has 2 heterocycles. The number of rotatable bonds is 8. The van der Waals surface area contributed by atoms with Crippen molar-refractivity contribution < 1.29 is 14.2 Å². The molecule has 0 unspecified atom stereocenters. The number of halogens is 1. The van der Waals surface area contributed by atoms with Gasteiger partial charge in [-0.05, 0) is 55.0 Å². The van der Waals surface area contributed by atoms with Crippen LogP contribution in [-0.4, -0.2) is 53.0 Å². The van der Waals surface area contributed by atoms with Crippen molar-refractivity contribution in [2.75, 3.05) is 45.9 Å². The molecule has 0 radical (unpaired) electrons. The smallest absolute Gasteiger partial charge is 0.203 e. The number of aliphatic imine (C=N–C) groups is 1. The van der Waals surface area contributed by atoms with E-state index >= 15 is 0 Å². The van der Waals surface area contributed by atoms with E-state index in [1.807, 2.05) is 19.1 Å². The normalized spacial score (nSPS) is 14.6. The maximum absolute atomic E-state index is 5.68. The summed E-state index contributed by atoms with van der Waals surface area (Å²) in [5.41, 5.74) is 1.03. The largest absolute Gasteiger partial charge is 0.493 e. The van der Waals surface area contributed by atoms with Gasteiger partial charge in [-0.1, -0.05) is 0 Å². The molecule has 1 aromatic carbocycles. The van der Waals surface area contributed by atoms with E-state index in [4.69, 9.17) is 14.2 Å². The molecule has 1 saturated heterocycles. The summed E-state index contributed by atoms with van der Waals surface area (Å²) in [5.74, 6) is 2.76. The molecular formula is C22H33IN4O3S. The summed E-state index contributed by atoms with van der Waals surface area (Å²) in [6.45, 7) is 5.21. The van der Waals surface area contributed by atoms with Crippen LogP contribution in [0.15, 0.2) is 34.6 Å². The zero-order chi connectivity index (χ0) is 21.3. The number of anilines is 1. The van der Waals surface area contributed by atoms with E-state index < -0.39 is 0 Å². The number of ether oxygens (including phenoxy) is 3. The zero-order valence-corrected chi connectivity index (χ0v) is 21.8. The predicted octanol–water partition coefficient (Wildman–Crippen LogP) is 4.12. The van der Waals surface area contributed by atoms with E-state index in [1.165, 1.54) is 5.00 Å². The molecule has 2 N–H and O–H groups in total. The first-order chi connectivity index (χ1) is 14.7. The lowest BCUT2D eigenvalue weighted by Gasteiger charge is -2.33. The van der Waals surface area contributed by atoms with Gasteiger partial charge in [-0.2, -0.15) is 0 Å². The molecule has 1 aliphatic heterocycles. The van der Waals surface area contributed by atoms with Crippen molar-refractivity contribution in [3.05, 3.63) is 35.2 Å². The number of nitrogens with one attached hydrogen (secondary N) is 2. The summed E-state index contributed by atoms with van der Waals surface area (Å²) in [5, 5.41) is 10.5. The van der Waals surface area contributed by atoms with Gasteiger partial charge in [0.05, 0.1) is 25.8 Å². The average molecular weight is 561 g/mol. The number of hydrogen-bond donors (Lipinski definition) is 2. The molecule has 9 heteroatoms. The molecule has 0 saturated carbocycles. The summed E-state index contributed by atoms with van der Waals surface area (Å²) in [6, 6.07) is 8.65. The van der Waals surface area contributed by atoms with Crippen molar-refractivity contribution in [2.45, 2.75) is 32.4 Å². The fourth-order valence-electron chi connectivity index (χ4n) is 3.59. The number of methoxy groups -OCH3 is 2. The van der Waals surface area contributed by atoms with E-state index in [2.05, 4.69) is 38.0 Å². The third kappa shape index (κ3) is 6.80. The number of nitrogens with zero attached hydrogens (tertiary/aromatic N) is 2. The number of guanidine groups is 1. The molecule has 0 amide bonds. The fraction of sp³-hybridized carbons (Fsp3) is 0.500. The minimum Gasteiger partial charge on any atom is -0.493 e. The standard InChI is InChI=1S/C22H32N4O3S.HI/c1-5-29-21-18(27-3)13-16(14-19(21)28-4)15-24-22(23-2)25-17-8-10-26(11-9-17)20-7-6-12-30-20;/h6-7,12-14,17H,5,8-11,15H2,1-4H3,(H2,23,24,25);1H. The highest BCUT2D eigenvalue weighted by molar-refractivity contribution is 14.0. The first-order valence-corrected chi connectivity index (χ1v) is 11.2. The summed E-state index contributed by atoms with van der Waals surface area (Å²) in [7, 11) is 5.07. The Kier molecular flexibility index (Phi) is 10.5. The van der Waals surface area contributed by atoms with Crippen molar-refractivity contribution in [1.29, 1.82) is 0 Å². The van der Waals surface area contributed by atoms with Crippen LogP contribution in [0.2, 0.25) is 0 Å². The Morgan fingerprint density at radius 2 is 1.87 bits per heavy atom. The second-order valence-corrected chi connectivity index (χ2v) is 7.97. The van der Waals surface area contributed by atoms with Crippen molar-refractivity contribution in [3.8, 4) is 17.2 Å². The number of benzene rings is 1. The van der Waals surface area contributed by atoms with Gasteiger partial charge in [0.2, 0.25) is 5.75 Å². The molecule has 0 atom stereocenters. The molecule has 1 aromatic heterocycles. The first kappa shape index (κ1) is 25.4. The average Bonchev–Trinajstić information content (AvgIpc) is 3.32. The van der Waals surface area contributed by atoms with Crippen molar-refractivity contribution in [1.82, 2.24) is 10.6 Å². The van der Waals surface area contributed by atoms with Gasteiger partial charge in [-0.25, -0.2) is 0 Å². The molecule has 1 fully saturated rings. The highest BCUT2D eigenvalue weighted by atomic mass is 127. The quantitative estimate of drug-likeness (QED) is 0.288. The van der Waals surface area contributed by atoms with E-state index in [9.17, 15) is 0 Å². The van der Waals surface area contributed by atoms with E-state index in [0.717, 1.165) is 37.5 Å². The molecule has 2 aromatic rings. The van der Waals surface area contributed by atoms with Crippen LogP contribution >= 0.6 is 35.3 Å². The maximum Gasteiger partial charge on any atom is 0.203 e. The lowest BCUT2D eigenvalue weighted by Crippen LogP contribution is -2.48. The van der Waals surface area contributed by atoms with Crippen LogP contribution in [0, 0.1) is 0 Å². The van der Waals surface area contributed by atoms with Crippen LogP contribution < -0.4 is 29.7 Å².